The first-order valence-electron chi connectivity index (χ1n) is 9.40. The zero-order valence-electron chi connectivity index (χ0n) is 16.5. The number of nitrogens with zero attached hydrogens (tertiary/aromatic N) is 1. The number of carbonyl (C=O) groups excluding carboxylic acids is 3. The van der Waals surface area contributed by atoms with Crippen LogP contribution >= 0.6 is 11.8 Å². The van der Waals surface area contributed by atoms with Gasteiger partial charge in [0.25, 0.3) is 5.91 Å². The summed E-state index contributed by atoms with van der Waals surface area (Å²) in [4.78, 5) is 39.3. The lowest BCUT2D eigenvalue weighted by Crippen LogP contribution is -2.31. The third-order valence-corrected chi connectivity index (χ3v) is 5.67. The largest absolute Gasteiger partial charge is 0.455 e. The van der Waals surface area contributed by atoms with Crippen LogP contribution in [0.3, 0.4) is 0 Å². The van der Waals surface area contributed by atoms with Crippen molar-refractivity contribution in [3.05, 3.63) is 59.7 Å². The lowest BCUT2D eigenvalue weighted by atomic mass is 10.1. The molecule has 152 valence electrons. The van der Waals surface area contributed by atoms with E-state index in [2.05, 4.69) is 5.32 Å². The molecule has 1 unspecified atom stereocenters. The summed E-state index contributed by atoms with van der Waals surface area (Å²) in [7, 11) is 0. The summed E-state index contributed by atoms with van der Waals surface area (Å²) >= 11 is 1.62. The fourth-order valence-electron chi connectivity index (χ4n) is 3.18. The van der Waals surface area contributed by atoms with Gasteiger partial charge >= 0.3 is 5.97 Å². The summed E-state index contributed by atoms with van der Waals surface area (Å²) in [5, 5.41) is 2.74. The number of amides is 2. The topological polar surface area (TPSA) is 75.7 Å². The standard InChI is InChI=1S/C22H24N2O4S/c1-15-5-3-4-6-16(15)12-23-20(25)14-28-22(27)17-11-21(26)24(13-17)18-7-9-19(29-2)10-8-18/h3-10,17H,11-14H2,1-2H3,(H,23,25). The Morgan fingerprint density at radius 3 is 2.59 bits per heavy atom. The van der Waals surface area contributed by atoms with Gasteiger partial charge in [-0.15, -0.1) is 11.8 Å². The van der Waals surface area contributed by atoms with Crippen molar-refractivity contribution in [3.63, 3.8) is 0 Å². The number of benzene rings is 2. The first kappa shape index (κ1) is 20.9. The predicted octanol–water partition coefficient (Wildman–Crippen LogP) is 2.93. The Labute approximate surface area is 174 Å². The van der Waals surface area contributed by atoms with Gasteiger partial charge in [0.2, 0.25) is 5.91 Å². The number of aryl methyl sites for hydroxylation is 1. The van der Waals surface area contributed by atoms with E-state index in [9.17, 15) is 14.4 Å². The van der Waals surface area contributed by atoms with E-state index in [0.717, 1.165) is 21.7 Å². The molecule has 6 nitrogen and oxygen atoms in total. The number of nitrogens with one attached hydrogen (secondary N) is 1. The fourth-order valence-corrected chi connectivity index (χ4v) is 3.59. The molecule has 2 aromatic rings. The molecular weight excluding hydrogens is 388 g/mol. The van der Waals surface area contributed by atoms with Crippen LogP contribution in [0, 0.1) is 12.8 Å². The van der Waals surface area contributed by atoms with Crippen LogP contribution in [0.1, 0.15) is 17.5 Å². The van der Waals surface area contributed by atoms with Crippen molar-refractivity contribution in [1.29, 1.82) is 0 Å². The molecular formula is C22H24N2O4S. The van der Waals surface area contributed by atoms with Crippen molar-refractivity contribution in [2.75, 3.05) is 24.3 Å². The quantitative estimate of drug-likeness (QED) is 0.559. The normalized spacial score (nSPS) is 16.0. The molecule has 1 saturated heterocycles. The van der Waals surface area contributed by atoms with Crippen LogP contribution in [0.25, 0.3) is 0 Å². The van der Waals surface area contributed by atoms with Crippen molar-refractivity contribution in [2.24, 2.45) is 5.92 Å². The maximum Gasteiger partial charge on any atom is 0.311 e. The summed E-state index contributed by atoms with van der Waals surface area (Å²) < 4.78 is 5.14. The van der Waals surface area contributed by atoms with Crippen molar-refractivity contribution in [1.82, 2.24) is 5.32 Å². The highest BCUT2D eigenvalue weighted by molar-refractivity contribution is 7.98. The van der Waals surface area contributed by atoms with Crippen molar-refractivity contribution >= 4 is 35.2 Å². The monoisotopic (exact) mass is 412 g/mol. The molecule has 1 heterocycles. The summed E-state index contributed by atoms with van der Waals surface area (Å²) in [6, 6.07) is 15.4. The highest BCUT2D eigenvalue weighted by atomic mass is 32.2. The number of rotatable bonds is 7. The molecule has 0 aliphatic carbocycles. The van der Waals surface area contributed by atoms with Crippen molar-refractivity contribution in [3.8, 4) is 0 Å². The average Bonchev–Trinajstić information content (AvgIpc) is 3.13. The molecule has 1 atom stereocenters. The zero-order chi connectivity index (χ0) is 20.8. The number of thioether (sulfide) groups is 1. The van der Waals surface area contributed by atoms with Gasteiger partial charge in [-0.1, -0.05) is 24.3 Å². The Bertz CT molecular complexity index is 898. The van der Waals surface area contributed by atoms with Gasteiger partial charge in [0.05, 0.1) is 5.92 Å². The van der Waals surface area contributed by atoms with Gasteiger partial charge < -0.3 is 15.0 Å². The van der Waals surface area contributed by atoms with Crippen molar-refractivity contribution < 1.29 is 19.1 Å². The minimum absolute atomic E-state index is 0.0912. The second-order valence-electron chi connectivity index (χ2n) is 6.91. The third-order valence-electron chi connectivity index (χ3n) is 4.93. The molecule has 1 aliphatic rings. The molecule has 3 rings (SSSR count). The van der Waals surface area contributed by atoms with E-state index < -0.39 is 11.9 Å². The molecule has 1 N–H and O–H groups in total. The van der Waals surface area contributed by atoms with E-state index >= 15 is 0 Å². The van der Waals surface area contributed by atoms with Crippen LogP contribution in [0.2, 0.25) is 0 Å². The molecule has 0 radical (unpaired) electrons. The number of carbonyl (C=O) groups is 3. The smallest absolute Gasteiger partial charge is 0.311 e. The van der Waals surface area contributed by atoms with Gasteiger partial charge in [-0.25, -0.2) is 0 Å². The lowest BCUT2D eigenvalue weighted by molar-refractivity contribution is -0.152. The van der Waals surface area contributed by atoms with Gasteiger partial charge in [-0.05, 0) is 48.6 Å². The second kappa shape index (κ2) is 9.60. The van der Waals surface area contributed by atoms with E-state index in [0.29, 0.717) is 6.54 Å². The Kier molecular flexibility index (Phi) is 6.93. The summed E-state index contributed by atoms with van der Waals surface area (Å²) in [6.07, 6.45) is 2.08. The summed E-state index contributed by atoms with van der Waals surface area (Å²) in [5.74, 6) is -1.57. The van der Waals surface area contributed by atoms with Gasteiger partial charge in [0.15, 0.2) is 6.61 Å². The molecule has 0 aromatic heterocycles. The van der Waals surface area contributed by atoms with Crippen LogP contribution in [-0.4, -0.2) is 37.2 Å². The first-order valence-corrected chi connectivity index (χ1v) is 10.6. The van der Waals surface area contributed by atoms with Crippen LogP contribution in [0.4, 0.5) is 5.69 Å². The van der Waals surface area contributed by atoms with E-state index in [1.54, 1.807) is 16.7 Å². The molecule has 7 heteroatoms. The minimum atomic E-state index is -0.563. The van der Waals surface area contributed by atoms with E-state index in [4.69, 9.17) is 4.74 Å². The van der Waals surface area contributed by atoms with E-state index in [1.807, 2.05) is 61.7 Å². The number of hydrogen-bond donors (Lipinski definition) is 1. The van der Waals surface area contributed by atoms with Gasteiger partial charge in [-0.2, -0.15) is 0 Å². The molecule has 0 bridgehead atoms. The average molecular weight is 413 g/mol. The number of ether oxygens (including phenoxy) is 1. The molecule has 0 spiro atoms. The number of anilines is 1. The summed E-state index contributed by atoms with van der Waals surface area (Å²) in [6.45, 7) is 2.27. The molecule has 1 fully saturated rings. The van der Waals surface area contributed by atoms with Crippen LogP contribution < -0.4 is 10.2 Å². The lowest BCUT2D eigenvalue weighted by Gasteiger charge is -2.16. The predicted molar refractivity (Wildman–Crippen MR) is 113 cm³/mol. The fraction of sp³-hybridized carbons (Fsp3) is 0.318. The number of esters is 1. The maximum absolute atomic E-state index is 12.3. The molecule has 1 aliphatic heterocycles. The second-order valence-corrected chi connectivity index (χ2v) is 7.79. The van der Waals surface area contributed by atoms with Crippen LogP contribution in [0.5, 0.6) is 0 Å². The highest BCUT2D eigenvalue weighted by Crippen LogP contribution is 2.27. The van der Waals surface area contributed by atoms with Crippen LogP contribution in [-0.2, 0) is 25.7 Å². The first-order chi connectivity index (χ1) is 14.0. The Morgan fingerprint density at radius 2 is 1.90 bits per heavy atom. The Hall–Kier alpha value is -2.80. The maximum atomic E-state index is 12.3. The third kappa shape index (κ3) is 5.38. The highest BCUT2D eigenvalue weighted by Gasteiger charge is 2.36. The number of hydrogen-bond acceptors (Lipinski definition) is 5. The van der Waals surface area contributed by atoms with Gasteiger partial charge in [0, 0.05) is 30.1 Å². The van der Waals surface area contributed by atoms with Gasteiger partial charge in [-0.3, -0.25) is 14.4 Å². The van der Waals surface area contributed by atoms with Crippen LogP contribution in [0.15, 0.2) is 53.4 Å². The van der Waals surface area contributed by atoms with E-state index in [1.165, 1.54) is 0 Å². The Balaban J connectivity index is 1.47. The van der Waals surface area contributed by atoms with Crippen molar-refractivity contribution in [2.45, 2.75) is 24.8 Å². The minimum Gasteiger partial charge on any atom is -0.455 e. The SMILES string of the molecule is CSc1ccc(N2CC(C(=O)OCC(=O)NCc3ccccc3C)CC2=O)cc1. The zero-order valence-corrected chi connectivity index (χ0v) is 17.3. The summed E-state index contributed by atoms with van der Waals surface area (Å²) in [5.41, 5.74) is 2.86. The molecule has 29 heavy (non-hydrogen) atoms. The molecule has 2 aromatic carbocycles. The molecule has 0 saturated carbocycles. The Morgan fingerprint density at radius 1 is 1.17 bits per heavy atom. The van der Waals surface area contributed by atoms with Gasteiger partial charge in [0.1, 0.15) is 0 Å². The van der Waals surface area contributed by atoms with E-state index in [-0.39, 0.29) is 31.4 Å². The molecule has 2 amide bonds.